The maximum absolute atomic E-state index is 3.24. The summed E-state index contributed by atoms with van der Waals surface area (Å²) < 4.78 is 0. The highest BCUT2D eigenvalue weighted by Gasteiger charge is 1.85. The summed E-state index contributed by atoms with van der Waals surface area (Å²) in [5.74, 6) is 0. The van der Waals surface area contributed by atoms with E-state index in [1.165, 1.54) is 4.83 Å². The van der Waals surface area contributed by atoms with Crippen LogP contribution < -0.4 is 0 Å². The van der Waals surface area contributed by atoms with Crippen molar-refractivity contribution in [3.8, 4) is 0 Å². The van der Waals surface area contributed by atoms with Crippen molar-refractivity contribution in [2.45, 2.75) is 6.92 Å². The van der Waals surface area contributed by atoms with Crippen LogP contribution in [0.15, 0.2) is 0 Å². The summed E-state index contributed by atoms with van der Waals surface area (Å²) >= 11 is 6.47. The van der Waals surface area contributed by atoms with Gasteiger partial charge in [0.25, 0.3) is 0 Å². The lowest BCUT2D eigenvalue weighted by Crippen LogP contribution is -1.72. The summed E-state index contributed by atoms with van der Waals surface area (Å²) in [5.41, 5.74) is 0. The van der Waals surface area contributed by atoms with E-state index in [0.29, 0.717) is 0 Å². The van der Waals surface area contributed by atoms with Crippen LogP contribution in [-0.4, -0.2) is 5.33 Å². The molecular formula is C3H5Br2. The molecule has 0 amide bonds. The molecule has 0 aliphatic heterocycles. The zero-order valence-corrected chi connectivity index (χ0v) is 6.14. The van der Waals surface area contributed by atoms with Crippen LogP contribution in [0, 0.1) is 4.83 Å². The topological polar surface area (TPSA) is 0 Å². The third-order valence-corrected chi connectivity index (χ3v) is 2.06. The van der Waals surface area contributed by atoms with E-state index in [2.05, 4.69) is 31.9 Å². The first-order valence-corrected chi connectivity index (χ1v) is 3.22. The Hall–Kier alpha value is 0.960. The summed E-state index contributed by atoms with van der Waals surface area (Å²) in [6, 6.07) is 0. The van der Waals surface area contributed by atoms with Gasteiger partial charge < -0.3 is 0 Å². The van der Waals surface area contributed by atoms with Crippen LogP contribution in [-0.2, 0) is 0 Å². The highest BCUT2D eigenvalue weighted by molar-refractivity contribution is 9.13. The lowest BCUT2D eigenvalue weighted by Gasteiger charge is -1.85. The molecule has 0 atom stereocenters. The number of halogens is 2. The zero-order valence-electron chi connectivity index (χ0n) is 2.96. The van der Waals surface area contributed by atoms with Gasteiger partial charge in [-0.05, 0) is 6.92 Å². The fourth-order valence-electron chi connectivity index (χ4n) is 0. The van der Waals surface area contributed by atoms with E-state index in [1.54, 1.807) is 0 Å². The van der Waals surface area contributed by atoms with Crippen molar-refractivity contribution in [2.24, 2.45) is 0 Å². The van der Waals surface area contributed by atoms with Crippen LogP contribution in [0.5, 0.6) is 0 Å². The maximum atomic E-state index is 3.24. The Morgan fingerprint density at radius 3 is 2.00 bits per heavy atom. The fourth-order valence-corrected chi connectivity index (χ4v) is 0. The molecule has 0 saturated heterocycles. The van der Waals surface area contributed by atoms with Gasteiger partial charge >= 0.3 is 0 Å². The zero-order chi connectivity index (χ0) is 4.28. The molecular weight excluding hydrogens is 196 g/mol. The van der Waals surface area contributed by atoms with Gasteiger partial charge in [-0.15, -0.1) is 0 Å². The van der Waals surface area contributed by atoms with E-state index in [9.17, 15) is 0 Å². The largest absolute Gasteiger partial charge is 0.0912 e. The van der Waals surface area contributed by atoms with Crippen LogP contribution in [0.3, 0.4) is 0 Å². The van der Waals surface area contributed by atoms with Gasteiger partial charge in [0.05, 0.1) is 0 Å². The molecule has 0 unspecified atom stereocenters. The summed E-state index contributed by atoms with van der Waals surface area (Å²) in [4.78, 5) is 1.23. The third-order valence-electron chi connectivity index (χ3n) is 0.184. The Balaban J connectivity index is 2.54. The summed E-state index contributed by atoms with van der Waals surface area (Å²) in [6.07, 6.45) is 0. The molecule has 31 valence electrons. The Morgan fingerprint density at radius 1 is 1.80 bits per heavy atom. The molecule has 0 fully saturated rings. The Kier molecular flexibility index (Phi) is 3.77. The van der Waals surface area contributed by atoms with Crippen LogP contribution in [0.25, 0.3) is 0 Å². The van der Waals surface area contributed by atoms with Gasteiger partial charge in [-0.2, -0.15) is 0 Å². The van der Waals surface area contributed by atoms with E-state index in [4.69, 9.17) is 0 Å². The monoisotopic (exact) mass is 199 g/mol. The summed E-state index contributed by atoms with van der Waals surface area (Å²) in [5, 5.41) is 0.951. The van der Waals surface area contributed by atoms with Crippen LogP contribution in [0.4, 0.5) is 0 Å². The summed E-state index contributed by atoms with van der Waals surface area (Å²) in [7, 11) is 0. The molecule has 5 heavy (non-hydrogen) atoms. The van der Waals surface area contributed by atoms with Crippen molar-refractivity contribution in [1.82, 2.24) is 0 Å². The molecule has 0 aromatic heterocycles. The van der Waals surface area contributed by atoms with Crippen molar-refractivity contribution >= 4 is 31.9 Å². The molecule has 0 saturated carbocycles. The molecule has 0 heterocycles. The predicted octanol–water partition coefficient (Wildman–Crippen LogP) is 2.33. The van der Waals surface area contributed by atoms with Gasteiger partial charge in [0.15, 0.2) is 0 Å². The molecule has 0 aromatic rings. The van der Waals surface area contributed by atoms with Gasteiger partial charge in [-0.1, -0.05) is 31.9 Å². The lowest BCUT2D eigenvalue weighted by atomic mass is 10.6. The number of hydrogen-bond donors (Lipinski definition) is 0. The van der Waals surface area contributed by atoms with Crippen LogP contribution in [0.2, 0.25) is 0 Å². The smallest absolute Gasteiger partial charge is 0.0484 e. The van der Waals surface area contributed by atoms with E-state index in [-0.39, 0.29) is 0 Å². The highest BCUT2D eigenvalue weighted by Crippen LogP contribution is 2.08. The SMILES string of the molecule is C[C](Br)CBr. The van der Waals surface area contributed by atoms with Gasteiger partial charge in [0, 0.05) is 10.2 Å². The molecule has 0 nitrogen and oxygen atoms in total. The van der Waals surface area contributed by atoms with Crippen LogP contribution >= 0.6 is 31.9 Å². The molecule has 0 rings (SSSR count). The molecule has 0 N–H and O–H groups in total. The van der Waals surface area contributed by atoms with Crippen LogP contribution in [0.1, 0.15) is 6.92 Å². The molecule has 0 aromatic carbocycles. The normalized spacial score (nSPS) is 9.60. The van der Waals surface area contributed by atoms with E-state index < -0.39 is 0 Å². The van der Waals surface area contributed by atoms with Crippen molar-refractivity contribution in [1.29, 1.82) is 0 Å². The molecule has 2 heteroatoms. The van der Waals surface area contributed by atoms with Crippen molar-refractivity contribution in [3.63, 3.8) is 0 Å². The van der Waals surface area contributed by atoms with Gasteiger partial charge in [-0.3, -0.25) is 0 Å². The minimum Gasteiger partial charge on any atom is -0.0912 e. The van der Waals surface area contributed by atoms with Crippen molar-refractivity contribution in [2.75, 3.05) is 5.33 Å². The molecule has 0 spiro atoms. The van der Waals surface area contributed by atoms with Crippen molar-refractivity contribution in [3.05, 3.63) is 4.83 Å². The first-order valence-electron chi connectivity index (χ1n) is 1.31. The Bertz CT molecular complexity index is 18.9. The van der Waals surface area contributed by atoms with E-state index >= 15 is 0 Å². The number of hydrogen-bond acceptors (Lipinski definition) is 0. The second kappa shape index (κ2) is 3.16. The van der Waals surface area contributed by atoms with Gasteiger partial charge in [0.2, 0.25) is 0 Å². The first-order chi connectivity index (χ1) is 2.27. The minimum absolute atomic E-state index is 0.951. The minimum atomic E-state index is 0.951. The second-order valence-electron chi connectivity index (χ2n) is 0.810. The highest BCUT2D eigenvalue weighted by atomic mass is 79.9. The van der Waals surface area contributed by atoms with Crippen molar-refractivity contribution < 1.29 is 0 Å². The van der Waals surface area contributed by atoms with Gasteiger partial charge in [-0.25, -0.2) is 0 Å². The second-order valence-corrected chi connectivity index (χ2v) is 2.72. The quantitative estimate of drug-likeness (QED) is 0.571. The molecule has 0 aliphatic rings. The Morgan fingerprint density at radius 2 is 2.00 bits per heavy atom. The number of rotatable bonds is 1. The standard InChI is InChI=1S/C3H5Br2/c1-3(5)2-4/h2H2,1H3. The summed E-state index contributed by atoms with van der Waals surface area (Å²) in [6.45, 7) is 2.01. The van der Waals surface area contributed by atoms with E-state index in [1.807, 2.05) is 6.92 Å². The molecule has 0 aliphatic carbocycles. The maximum Gasteiger partial charge on any atom is 0.0484 e. The molecule has 0 bridgehead atoms. The first kappa shape index (κ1) is 5.96. The Labute approximate surface area is 49.2 Å². The van der Waals surface area contributed by atoms with Gasteiger partial charge in [0.1, 0.15) is 0 Å². The average Bonchev–Trinajstić information content (AvgIpc) is 1.38. The van der Waals surface area contributed by atoms with E-state index in [0.717, 1.165) is 5.33 Å². The molecule has 1 radical (unpaired) electrons. The lowest BCUT2D eigenvalue weighted by molar-refractivity contribution is 1.39. The predicted molar refractivity (Wildman–Crippen MR) is 31.6 cm³/mol. The average molecular weight is 201 g/mol. The fraction of sp³-hybridized carbons (Fsp3) is 0.667. The third kappa shape index (κ3) is 4.96. The number of alkyl halides is 1.